The zero-order valence-electron chi connectivity index (χ0n) is 15.5. The van der Waals surface area contributed by atoms with Crippen molar-refractivity contribution >= 4 is 23.0 Å². The molecule has 1 aromatic carbocycles. The van der Waals surface area contributed by atoms with Crippen LogP contribution in [0.4, 0.5) is 5.69 Å². The lowest BCUT2D eigenvalue weighted by atomic mass is 10.1. The van der Waals surface area contributed by atoms with Crippen molar-refractivity contribution in [3.63, 3.8) is 0 Å². The lowest BCUT2D eigenvalue weighted by Gasteiger charge is -2.36. The third kappa shape index (κ3) is 4.02. The van der Waals surface area contributed by atoms with Crippen molar-refractivity contribution in [3.05, 3.63) is 46.8 Å². The Morgan fingerprint density at radius 2 is 1.80 bits per heavy atom. The Labute approximate surface area is 155 Å². The molecule has 0 aliphatic carbocycles. The summed E-state index contributed by atoms with van der Waals surface area (Å²) in [5.74, 6) is 0. The summed E-state index contributed by atoms with van der Waals surface area (Å²) in [6.07, 6.45) is 0. The van der Waals surface area contributed by atoms with Crippen LogP contribution >= 0.6 is 12.2 Å². The smallest absolute Gasteiger partial charge is 0.173 e. The van der Waals surface area contributed by atoms with Gasteiger partial charge in [0.2, 0.25) is 0 Å². The largest absolute Gasteiger partial charge is 0.346 e. The van der Waals surface area contributed by atoms with Crippen LogP contribution in [0.3, 0.4) is 0 Å². The number of aryl methyl sites for hydroxylation is 3. The number of thiocarbonyl (C=S) groups is 1. The van der Waals surface area contributed by atoms with Crippen molar-refractivity contribution in [2.45, 2.75) is 27.3 Å². The minimum absolute atomic E-state index is 0.822. The van der Waals surface area contributed by atoms with Crippen molar-refractivity contribution < 1.29 is 0 Å². The van der Waals surface area contributed by atoms with Gasteiger partial charge in [0.05, 0.1) is 5.69 Å². The molecule has 1 aromatic heterocycles. The van der Waals surface area contributed by atoms with Gasteiger partial charge in [0, 0.05) is 56.7 Å². The third-order valence-electron chi connectivity index (χ3n) is 5.09. The topological polar surface area (TPSA) is 36.3 Å². The quantitative estimate of drug-likeness (QED) is 0.855. The second-order valence-electron chi connectivity index (χ2n) is 6.78. The van der Waals surface area contributed by atoms with Crippen LogP contribution < -0.4 is 5.32 Å². The molecule has 1 N–H and O–H groups in total. The molecule has 1 fully saturated rings. The molecular formula is C19H27N5S. The highest BCUT2D eigenvalue weighted by atomic mass is 32.1. The minimum Gasteiger partial charge on any atom is -0.346 e. The highest BCUT2D eigenvalue weighted by molar-refractivity contribution is 7.80. The van der Waals surface area contributed by atoms with Crippen LogP contribution in [0, 0.1) is 20.8 Å². The van der Waals surface area contributed by atoms with E-state index in [1.807, 2.05) is 23.9 Å². The molecule has 3 rings (SSSR count). The second-order valence-corrected chi connectivity index (χ2v) is 7.17. The number of piperazine rings is 1. The predicted octanol–water partition coefficient (Wildman–Crippen LogP) is 2.86. The van der Waals surface area contributed by atoms with E-state index in [0.29, 0.717) is 0 Å². The molecule has 25 heavy (non-hydrogen) atoms. The number of nitrogens with zero attached hydrogens (tertiary/aromatic N) is 4. The zero-order valence-corrected chi connectivity index (χ0v) is 16.4. The summed E-state index contributed by atoms with van der Waals surface area (Å²) in [6, 6.07) is 8.26. The molecule has 1 aliphatic rings. The summed E-state index contributed by atoms with van der Waals surface area (Å²) < 4.78 is 1.97. The van der Waals surface area contributed by atoms with Crippen LogP contribution in [-0.2, 0) is 13.6 Å². The summed E-state index contributed by atoms with van der Waals surface area (Å²) in [6.45, 7) is 11.3. The van der Waals surface area contributed by atoms with E-state index in [1.54, 1.807) is 0 Å². The standard InChI is InChI=1S/C19H27N5S/c1-14-7-5-6-8-18(14)20-19(25)24-11-9-23(10-12-24)13-17-15(2)21-22(4)16(17)3/h5-8H,9-13H2,1-4H3,(H,20,25). The number of hydrogen-bond donors (Lipinski definition) is 1. The molecule has 0 radical (unpaired) electrons. The first-order chi connectivity index (χ1) is 12.0. The normalized spacial score (nSPS) is 15.4. The van der Waals surface area contributed by atoms with E-state index in [4.69, 9.17) is 12.2 Å². The maximum Gasteiger partial charge on any atom is 0.173 e. The monoisotopic (exact) mass is 357 g/mol. The Balaban J connectivity index is 1.55. The van der Waals surface area contributed by atoms with Gasteiger partial charge in [-0.05, 0) is 44.6 Å². The minimum atomic E-state index is 0.822. The lowest BCUT2D eigenvalue weighted by Crippen LogP contribution is -2.49. The van der Waals surface area contributed by atoms with E-state index in [9.17, 15) is 0 Å². The number of hydrogen-bond acceptors (Lipinski definition) is 3. The third-order valence-corrected chi connectivity index (χ3v) is 5.45. The molecule has 0 atom stereocenters. The van der Waals surface area contributed by atoms with Gasteiger partial charge in [-0.3, -0.25) is 9.58 Å². The van der Waals surface area contributed by atoms with Gasteiger partial charge >= 0.3 is 0 Å². The first-order valence-electron chi connectivity index (χ1n) is 8.78. The van der Waals surface area contributed by atoms with Gasteiger partial charge in [-0.1, -0.05) is 18.2 Å². The number of benzene rings is 1. The van der Waals surface area contributed by atoms with Gasteiger partial charge in [0.1, 0.15) is 0 Å². The molecule has 6 heteroatoms. The zero-order chi connectivity index (χ0) is 18.0. The molecule has 1 aliphatic heterocycles. The fraction of sp³-hybridized carbons (Fsp3) is 0.474. The number of nitrogens with one attached hydrogen (secondary N) is 1. The van der Waals surface area contributed by atoms with Crippen LogP contribution in [0.15, 0.2) is 24.3 Å². The van der Waals surface area contributed by atoms with Crippen molar-refractivity contribution in [1.29, 1.82) is 0 Å². The molecule has 2 heterocycles. The van der Waals surface area contributed by atoms with Crippen LogP contribution in [0.1, 0.15) is 22.5 Å². The van der Waals surface area contributed by atoms with Gasteiger partial charge in [-0.2, -0.15) is 5.10 Å². The van der Waals surface area contributed by atoms with Crippen LogP contribution in [-0.4, -0.2) is 50.9 Å². The maximum absolute atomic E-state index is 5.61. The van der Waals surface area contributed by atoms with Crippen molar-refractivity contribution in [3.8, 4) is 0 Å². The van der Waals surface area contributed by atoms with Gasteiger partial charge in [0.25, 0.3) is 0 Å². The van der Waals surface area contributed by atoms with Crippen LogP contribution in [0.25, 0.3) is 0 Å². The molecule has 134 valence electrons. The molecular weight excluding hydrogens is 330 g/mol. The molecule has 2 aromatic rings. The Bertz CT molecular complexity index is 759. The highest BCUT2D eigenvalue weighted by Gasteiger charge is 2.21. The summed E-state index contributed by atoms with van der Waals surface area (Å²) in [5.41, 5.74) is 6.06. The molecule has 0 bridgehead atoms. The van der Waals surface area contributed by atoms with Gasteiger partial charge in [-0.15, -0.1) is 0 Å². The molecule has 0 amide bonds. The number of anilines is 1. The second kappa shape index (κ2) is 7.54. The molecule has 1 saturated heterocycles. The van der Waals surface area contributed by atoms with E-state index in [2.05, 4.69) is 53.1 Å². The van der Waals surface area contributed by atoms with Crippen LogP contribution in [0.5, 0.6) is 0 Å². The summed E-state index contributed by atoms with van der Waals surface area (Å²) >= 11 is 5.61. The molecule has 5 nitrogen and oxygen atoms in total. The number of para-hydroxylation sites is 1. The first kappa shape index (κ1) is 17.9. The molecule has 0 saturated carbocycles. The predicted molar refractivity (Wildman–Crippen MR) is 107 cm³/mol. The van der Waals surface area contributed by atoms with E-state index >= 15 is 0 Å². The Kier molecular flexibility index (Phi) is 5.39. The fourth-order valence-electron chi connectivity index (χ4n) is 3.29. The van der Waals surface area contributed by atoms with Gasteiger partial charge in [0.15, 0.2) is 5.11 Å². The van der Waals surface area contributed by atoms with E-state index in [1.165, 1.54) is 16.8 Å². The first-order valence-corrected chi connectivity index (χ1v) is 9.19. The van der Waals surface area contributed by atoms with Crippen molar-refractivity contribution in [2.75, 3.05) is 31.5 Å². The SMILES string of the molecule is Cc1ccccc1NC(=S)N1CCN(Cc2c(C)nn(C)c2C)CC1. The fourth-order valence-corrected chi connectivity index (χ4v) is 3.58. The Hall–Kier alpha value is -1.92. The number of rotatable bonds is 3. The van der Waals surface area contributed by atoms with E-state index < -0.39 is 0 Å². The number of aromatic nitrogens is 2. The van der Waals surface area contributed by atoms with E-state index in [0.717, 1.165) is 49.2 Å². The summed E-state index contributed by atoms with van der Waals surface area (Å²) in [4.78, 5) is 4.76. The van der Waals surface area contributed by atoms with Gasteiger partial charge in [-0.25, -0.2) is 0 Å². The average molecular weight is 358 g/mol. The van der Waals surface area contributed by atoms with Gasteiger partial charge < -0.3 is 10.2 Å². The van der Waals surface area contributed by atoms with E-state index in [-0.39, 0.29) is 0 Å². The molecule has 0 unspecified atom stereocenters. The Morgan fingerprint density at radius 3 is 2.40 bits per heavy atom. The summed E-state index contributed by atoms with van der Waals surface area (Å²) in [7, 11) is 2.01. The Morgan fingerprint density at radius 1 is 1.12 bits per heavy atom. The van der Waals surface area contributed by atoms with Crippen LogP contribution in [0.2, 0.25) is 0 Å². The summed E-state index contributed by atoms with van der Waals surface area (Å²) in [5, 5.41) is 8.74. The lowest BCUT2D eigenvalue weighted by molar-refractivity contribution is 0.176. The molecule has 0 spiro atoms. The van der Waals surface area contributed by atoms with Crippen molar-refractivity contribution in [2.24, 2.45) is 7.05 Å². The maximum atomic E-state index is 5.61. The average Bonchev–Trinajstić information content (AvgIpc) is 2.84. The highest BCUT2D eigenvalue weighted by Crippen LogP contribution is 2.17. The van der Waals surface area contributed by atoms with Crippen molar-refractivity contribution in [1.82, 2.24) is 19.6 Å².